The van der Waals surface area contributed by atoms with Crippen LogP contribution < -0.4 is 4.74 Å². The van der Waals surface area contributed by atoms with Crippen LogP contribution in [0.25, 0.3) is 0 Å². The summed E-state index contributed by atoms with van der Waals surface area (Å²) in [5.41, 5.74) is 1.58. The molecule has 0 radical (unpaired) electrons. The molecule has 6 heteroatoms. The average molecular weight is 442 g/mol. The monoisotopic (exact) mass is 440 g/mol. The molecule has 4 nitrogen and oxygen atoms in total. The fourth-order valence-electron chi connectivity index (χ4n) is 1.94. The maximum Gasteiger partial charge on any atom is 0.341 e. The van der Waals surface area contributed by atoms with Crippen molar-refractivity contribution < 1.29 is 19.1 Å². The van der Waals surface area contributed by atoms with Crippen molar-refractivity contribution in [3.8, 4) is 5.75 Å². The van der Waals surface area contributed by atoms with Crippen LogP contribution in [0.2, 0.25) is 0 Å². The summed E-state index contributed by atoms with van der Waals surface area (Å²) in [6.45, 7) is 0.317. The van der Waals surface area contributed by atoms with Crippen molar-refractivity contribution in [2.45, 2.75) is 10.3 Å². The van der Waals surface area contributed by atoms with E-state index in [2.05, 4.69) is 31.9 Å². The topological polar surface area (TPSA) is 52.6 Å². The highest BCUT2D eigenvalue weighted by Gasteiger charge is 2.19. The Morgan fingerprint density at radius 3 is 2.39 bits per heavy atom. The molecule has 2 aromatic rings. The SMILES string of the molecule is COC(=O)c1cc(C(=O)C(Br)Br)ccc1OCc1ccccc1. The van der Waals surface area contributed by atoms with E-state index in [4.69, 9.17) is 9.47 Å². The second-order valence-corrected chi connectivity index (χ2v) is 7.70. The fourth-order valence-corrected chi connectivity index (χ4v) is 2.47. The van der Waals surface area contributed by atoms with Crippen LogP contribution in [0.1, 0.15) is 26.3 Å². The van der Waals surface area contributed by atoms with E-state index in [1.54, 1.807) is 12.1 Å². The molecule has 0 aliphatic heterocycles. The number of Topliss-reactive ketones (excluding diaryl/α,β-unsaturated/α-hetero) is 1. The number of rotatable bonds is 6. The number of hydrogen-bond donors (Lipinski definition) is 0. The van der Waals surface area contributed by atoms with Crippen molar-refractivity contribution in [1.29, 1.82) is 0 Å². The van der Waals surface area contributed by atoms with Crippen molar-refractivity contribution in [2.24, 2.45) is 0 Å². The Labute approximate surface area is 151 Å². The molecule has 0 fully saturated rings. The van der Waals surface area contributed by atoms with Crippen molar-refractivity contribution >= 4 is 43.6 Å². The van der Waals surface area contributed by atoms with E-state index in [1.807, 2.05) is 30.3 Å². The Morgan fingerprint density at radius 1 is 1.09 bits per heavy atom. The van der Waals surface area contributed by atoms with E-state index in [0.717, 1.165) is 5.56 Å². The molecule has 0 aromatic heterocycles. The van der Waals surface area contributed by atoms with Gasteiger partial charge in [-0.3, -0.25) is 4.79 Å². The zero-order chi connectivity index (χ0) is 16.8. The molecule has 0 saturated carbocycles. The molecule has 2 aromatic carbocycles. The molecule has 0 bridgehead atoms. The molecule has 0 aliphatic rings. The molecular formula is C17H14Br2O4. The summed E-state index contributed by atoms with van der Waals surface area (Å²) in [6.07, 6.45) is 0. The number of hydrogen-bond acceptors (Lipinski definition) is 4. The summed E-state index contributed by atoms with van der Waals surface area (Å²) >= 11 is 6.31. The van der Waals surface area contributed by atoms with E-state index in [0.29, 0.717) is 17.9 Å². The molecule has 23 heavy (non-hydrogen) atoms. The minimum absolute atomic E-state index is 0.190. The van der Waals surface area contributed by atoms with Crippen LogP contribution in [0.5, 0.6) is 5.75 Å². The number of ether oxygens (including phenoxy) is 2. The number of benzene rings is 2. The minimum Gasteiger partial charge on any atom is -0.488 e. The molecule has 0 amide bonds. The Bertz CT molecular complexity index is 699. The summed E-state index contributed by atoms with van der Waals surface area (Å²) in [5, 5.41) is 0. The molecule has 0 unspecified atom stereocenters. The smallest absolute Gasteiger partial charge is 0.341 e. The van der Waals surface area contributed by atoms with E-state index >= 15 is 0 Å². The highest BCUT2D eigenvalue weighted by molar-refractivity contribution is 9.25. The van der Waals surface area contributed by atoms with Crippen LogP contribution in [0.4, 0.5) is 0 Å². The molecule has 0 aliphatic carbocycles. The van der Waals surface area contributed by atoms with Gasteiger partial charge in [-0.15, -0.1) is 0 Å². The first-order valence-corrected chi connectivity index (χ1v) is 8.57. The van der Waals surface area contributed by atoms with Gasteiger partial charge in [0.25, 0.3) is 0 Å². The van der Waals surface area contributed by atoms with Gasteiger partial charge in [0.2, 0.25) is 0 Å². The zero-order valence-electron chi connectivity index (χ0n) is 12.3. The zero-order valence-corrected chi connectivity index (χ0v) is 15.5. The second kappa shape index (κ2) is 8.26. The predicted molar refractivity (Wildman–Crippen MR) is 94.5 cm³/mol. The third kappa shape index (κ3) is 4.65. The molecule has 2 rings (SSSR count). The number of esters is 1. The largest absolute Gasteiger partial charge is 0.488 e. The van der Waals surface area contributed by atoms with Crippen molar-refractivity contribution in [1.82, 2.24) is 0 Å². The van der Waals surface area contributed by atoms with Gasteiger partial charge in [0.1, 0.15) is 21.7 Å². The van der Waals surface area contributed by atoms with Gasteiger partial charge in [-0.05, 0) is 23.8 Å². The van der Waals surface area contributed by atoms with Crippen molar-refractivity contribution in [3.05, 3.63) is 65.2 Å². The lowest BCUT2D eigenvalue weighted by Gasteiger charge is -2.12. The third-order valence-electron chi connectivity index (χ3n) is 3.10. The van der Waals surface area contributed by atoms with Crippen LogP contribution in [-0.2, 0) is 11.3 Å². The quantitative estimate of drug-likeness (QED) is 0.380. The Hall–Kier alpha value is -1.66. The lowest BCUT2D eigenvalue weighted by molar-refractivity contribution is 0.0595. The number of methoxy groups -OCH3 is 1. The molecule has 0 atom stereocenters. The van der Waals surface area contributed by atoms with E-state index in [-0.39, 0.29) is 11.3 Å². The average Bonchev–Trinajstić information content (AvgIpc) is 2.59. The summed E-state index contributed by atoms with van der Waals surface area (Å²) in [6, 6.07) is 14.3. The first-order chi connectivity index (χ1) is 11.0. The molecular weight excluding hydrogens is 428 g/mol. The van der Waals surface area contributed by atoms with Crippen LogP contribution in [-0.4, -0.2) is 22.6 Å². The molecule has 0 heterocycles. The van der Waals surface area contributed by atoms with Crippen molar-refractivity contribution in [3.63, 3.8) is 0 Å². The first kappa shape index (κ1) is 17.7. The van der Waals surface area contributed by atoms with Crippen LogP contribution in [0.15, 0.2) is 48.5 Å². The lowest BCUT2D eigenvalue weighted by atomic mass is 10.1. The molecule has 0 N–H and O–H groups in total. The standard InChI is InChI=1S/C17H14Br2O4/c1-22-17(21)13-9-12(15(20)16(18)19)7-8-14(13)23-10-11-5-3-2-4-6-11/h2-9,16H,10H2,1H3. The normalized spacial score (nSPS) is 10.4. The predicted octanol–water partition coefficient (Wildman–Crippen LogP) is 4.35. The highest BCUT2D eigenvalue weighted by Crippen LogP contribution is 2.25. The van der Waals surface area contributed by atoms with Gasteiger partial charge < -0.3 is 9.47 Å². The minimum atomic E-state index is -0.552. The van der Waals surface area contributed by atoms with Gasteiger partial charge in [0, 0.05) is 5.56 Å². The maximum absolute atomic E-state index is 12.0. The third-order valence-corrected chi connectivity index (χ3v) is 3.94. The van der Waals surface area contributed by atoms with Crippen LogP contribution in [0.3, 0.4) is 0 Å². The van der Waals surface area contributed by atoms with E-state index in [9.17, 15) is 9.59 Å². The Morgan fingerprint density at radius 2 is 1.78 bits per heavy atom. The number of halogens is 2. The Kier molecular flexibility index (Phi) is 6.36. The van der Waals surface area contributed by atoms with Gasteiger partial charge in [0.05, 0.1) is 7.11 Å². The summed E-state index contributed by atoms with van der Waals surface area (Å²) in [5.74, 6) is -0.369. The van der Waals surface area contributed by atoms with Gasteiger partial charge in [-0.1, -0.05) is 62.2 Å². The summed E-state index contributed by atoms with van der Waals surface area (Å²) in [7, 11) is 1.29. The number of alkyl halides is 2. The van der Waals surface area contributed by atoms with Crippen LogP contribution in [0, 0.1) is 0 Å². The maximum atomic E-state index is 12.0. The van der Waals surface area contributed by atoms with Gasteiger partial charge in [-0.2, -0.15) is 0 Å². The van der Waals surface area contributed by atoms with E-state index < -0.39 is 9.71 Å². The summed E-state index contributed by atoms with van der Waals surface area (Å²) < 4.78 is 9.96. The first-order valence-electron chi connectivity index (χ1n) is 6.74. The summed E-state index contributed by atoms with van der Waals surface area (Å²) in [4.78, 5) is 24.0. The number of carbonyl (C=O) groups excluding carboxylic acids is 2. The Balaban J connectivity index is 2.27. The molecule has 0 saturated heterocycles. The van der Waals surface area contributed by atoms with Crippen LogP contribution >= 0.6 is 31.9 Å². The number of carbonyl (C=O) groups is 2. The van der Waals surface area contributed by atoms with E-state index in [1.165, 1.54) is 13.2 Å². The fraction of sp³-hybridized carbons (Fsp3) is 0.176. The van der Waals surface area contributed by atoms with Gasteiger partial charge in [-0.25, -0.2) is 4.79 Å². The molecule has 120 valence electrons. The lowest BCUT2D eigenvalue weighted by Crippen LogP contribution is -2.11. The highest BCUT2D eigenvalue weighted by atomic mass is 79.9. The second-order valence-electron chi connectivity index (χ2n) is 4.64. The van der Waals surface area contributed by atoms with Gasteiger partial charge >= 0.3 is 5.97 Å². The van der Waals surface area contributed by atoms with Gasteiger partial charge in [0.15, 0.2) is 5.78 Å². The van der Waals surface area contributed by atoms with Crippen molar-refractivity contribution in [2.75, 3.05) is 7.11 Å². The molecule has 0 spiro atoms. The number of ketones is 1.